The second kappa shape index (κ2) is 5.23. The van der Waals surface area contributed by atoms with E-state index < -0.39 is 0 Å². The van der Waals surface area contributed by atoms with Gasteiger partial charge in [0.1, 0.15) is 5.52 Å². The van der Waals surface area contributed by atoms with Crippen molar-refractivity contribution in [3.05, 3.63) is 31.0 Å². The van der Waals surface area contributed by atoms with E-state index in [1.165, 1.54) is 0 Å². The number of rotatable bonds is 2. The predicted molar refractivity (Wildman–Crippen MR) is 78.7 cm³/mol. The first kappa shape index (κ1) is 13.0. The molecule has 1 aliphatic rings. The highest BCUT2D eigenvalue weighted by molar-refractivity contribution is 5.66. The Morgan fingerprint density at radius 2 is 1.86 bits per heavy atom. The molecular weight excluding hydrogens is 284 g/mol. The van der Waals surface area contributed by atoms with Gasteiger partial charge in [0.15, 0.2) is 5.82 Å². The molecule has 0 spiro atoms. The van der Waals surface area contributed by atoms with Crippen molar-refractivity contribution in [1.29, 1.82) is 0 Å². The Bertz CT molecular complexity index is 795. The van der Waals surface area contributed by atoms with E-state index in [9.17, 15) is 5.11 Å². The van der Waals surface area contributed by atoms with Crippen molar-refractivity contribution in [3.63, 3.8) is 0 Å². The van der Waals surface area contributed by atoms with E-state index in [2.05, 4.69) is 24.8 Å². The molecule has 0 aliphatic carbocycles. The van der Waals surface area contributed by atoms with Crippen molar-refractivity contribution >= 4 is 11.5 Å². The Hall–Kier alpha value is -2.74. The molecule has 4 rings (SSSR count). The molecule has 22 heavy (non-hydrogen) atoms. The van der Waals surface area contributed by atoms with Gasteiger partial charge in [-0.05, 0) is 0 Å². The van der Waals surface area contributed by atoms with E-state index in [-0.39, 0.29) is 5.88 Å². The largest absolute Gasteiger partial charge is 0.492 e. The molecule has 0 bridgehead atoms. The fourth-order valence-electron chi connectivity index (χ4n) is 2.49. The first-order valence-electron chi connectivity index (χ1n) is 6.99. The third kappa shape index (κ3) is 2.13. The van der Waals surface area contributed by atoms with Gasteiger partial charge in [-0.1, -0.05) is 0 Å². The van der Waals surface area contributed by atoms with Crippen LogP contribution in [-0.2, 0) is 4.74 Å². The Balaban J connectivity index is 1.70. The maximum Gasteiger partial charge on any atom is 0.239 e. The van der Waals surface area contributed by atoms with Crippen LogP contribution in [0.1, 0.15) is 0 Å². The topological polar surface area (TPSA) is 88.7 Å². The number of fused-ring (bicyclic) bond motifs is 1. The summed E-state index contributed by atoms with van der Waals surface area (Å²) in [6, 6.07) is 0. The summed E-state index contributed by atoms with van der Waals surface area (Å²) in [6.07, 6.45) is 8.38. The minimum absolute atomic E-state index is 0.0552. The Labute approximate surface area is 126 Å². The highest BCUT2D eigenvalue weighted by Gasteiger charge is 2.16. The molecule has 1 fully saturated rings. The SMILES string of the molecule is Oc1nc(-c2cnc(N3CCOCC3)nc2)n2ccncc12. The molecule has 3 aromatic heterocycles. The summed E-state index contributed by atoms with van der Waals surface area (Å²) in [6.45, 7) is 2.96. The van der Waals surface area contributed by atoms with Gasteiger partial charge in [-0.15, -0.1) is 0 Å². The number of hydrogen-bond donors (Lipinski definition) is 1. The predicted octanol–water partition coefficient (Wildman–Crippen LogP) is 0.728. The third-order valence-electron chi connectivity index (χ3n) is 3.62. The molecule has 0 radical (unpaired) electrons. The average Bonchev–Trinajstić information content (AvgIpc) is 2.93. The van der Waals surface area contributed by atoms with Gasteiger partial charge in [-0.3, -0.25) is 9.38 Å². The summed E-state index contributed by atoms with van der Waals surface area (Å²) < 4.78 is 7.08. The van der Waals surface area contributed by atoms with Gasteiger partial charge in [0.25, 0.3) is 0 Å². The molecule has 4 heterocycles. The molecule has 0 atom stereocenters. The van der Waals surface area contributed by atoms with E-state index in [0.29, 0.717) is 30.5 Å². The molecule has 1 saturated heterocycles. The van der Waals surface area contributed by atoms with Crippen LogP contribution < -0.4 is 4.90 Å². The van der Waals surface area contributed by atoms with E-state index in [1.807, 2.05) is 0 Å². The highest BCUT2D eigenvalue weighted by atomic mass is 16.5. The minimum Gasteiger partial charge on any atom is -0.492 e. The summed E-state index contributed by atoms with van der Waals surface area (Å²) in [5.74, 6) is 1.21. The second-order valence-electron chi connectivity index (χ2n) is 4.96. The molecule has 8 heteroatoms. The lowest BCUT2D eigenvalue weighted by Crippen LogP contribution is -2.37. The number of imidazole rings is 1. The van der Waals surface area contributed by atoms with Crippen LogP contribution in [-0.4, -0.2) is 55.7 Å². The summed E-state index contributed by atoms with van der Waals surface area (Å²) in [5, 5.41) is 9.88. The minimum atomic E-state index is -0.0552. The lowest BCUT2D eigenvalue weighted by atomic mass is 10.3. The summed E-state index contributed by atoms with van der Waals surface area (Å²) in [4.78, 5) is 19.0. The number of ether oxygens (including phenoxy) is 1. The number of morpholine rings is 1. The first-order chi connectivity index (χ1) is 10.8. The van der Waals surface area contributed by atoms with Gasteiger partial charge in [0.2, 0.25) is 11.8 Å². The zero-order valence-corrected chi connectivity index (χ0v) is 11.8. The lowest BCUT2D eigenvalue weighted by molar-refractivity contribution is 0.122. The molecular formula is C14H14N6O2. The van der Waals surface area contributed by atoms with Crippen molar-refractivity contribution < 1.29 is 9.84 Å². The van der Waals surface area contributed by atoms with Crippen LogP contribution in [0.5, 0.6) is 5.88 Å². The van der Waals surface area contributed by atoms with Crippen LogP contribution in [0.3, 0.4) is 0 Å². The van der Waals surface area contributed by atoms with Crippen LogP contribution >= 0.6 is 0 Å². The molecule has 0 aromatic carbocycles. The van der Waals surface area contributed by atoms with Crippen molar-refractivity contribution in [1.82, 2.24) is 24.3 Å². The van der Waals surface area contributed by atoms with Crippen molar-refractivity contribution in [3.8, 4) is 17.3 Å². The Morgan fingerprint density at radius 3 is 2.64 bits per heavy atom. The summed E-state index contributed by atoms with van der Waals surface area (Å²) >= 11 is 0. The van der Waals surface area contributed by atoms with Crippen LogP contribution in [0.15, 0.2) is 31.0 Å². The van der Waals surface area contributed by atoms with Crippen LogP contribution in [0.25, 0.3) is 16.9 Å². The van der Waals surface area contributed by atoms with Gasteiger partial charge in [0, 0.05) is 37.9 Å². The van der Waals surface area contributed by atoms with Crippen molar-refractivity contribution in [2.75, 3.05) is 31.2 Å². The van der Waals surface area contributed by atoms with Gasteiger partial charge in [-0.2, -0.15) is 4.98 Å². The number of nitrogens with zero attached hydrogens (tertiary/aromatic N) is 6. The van der Waals surface area contributed by atoms with Gasteiger partial charge >= 0.3 is 0 Å². The number of hydrogen-bond acceptors (Lipinski definition) is 7. The van der Waals surface area contributed by atoms with E-state index in [1.54, 1.807) is 35.4 Å². The fraction of sp³-hybridized carbons (Fsp3) is 0.286. The molecule has 8 nitrogen and oxygen atoms in total. The summed E-state index contributed by atoms with van der Waals surface area (Å²) in [5.41, 5.74) is 1.29. The van der Waals surface area contributed by atoms with Gasteiger partial charge < -0.3 is 14.7 Å². The number of aromatic nitrogens is 5. The molecule has 0 amide bonds. The zero-order valence-electron chi connectivity index (χ0n) is 11.8. The molecule has 0 saturated carbocycles. The Morgan fingerprint density at radius 1 is 1.09 bits per heavy atom. The fourth-order valence-corrected chi connectivity index (χ4v) is 2.49. The molecule has 1 aliphatic heterocycles. The first-order valence-corrected chi connectivity index (χ1v) is 6.99. The standard InChI is InChI=1S/C14H14N6O2/c21-13-11-9-15-1-2-20(11)12(18-13)10-7-16-14(17-8-10)19-3-5-22-6-4-19/h1-2,7-9,21H,3-6H2. The molecule has 112 valence electrons. The van der Waals surface area contributed by atoms with Crippen LogP contribution in [0, 0.1) is 0 Å². The van der Waals surface area contributed by atoms with Gasteiger partial charge in [0.05, 0.1) is 25.0 Å². The quantitative estimate of drug-likeness (QED) is 0.746. The van der Waals surface area contributed by atoms with E-state index in [0.717, 1.165) is 18.7 Å². The van der Waals surface area contributed by atoms with Crippen molar-refractivity contribution in [2.24, 2.45) is 0 Å². The third-order valence-corrected chi connectivity index (χ3v) is 3.62. The summed E-state index contributed by atoms with van der Waals surface area (Å²) in [7, 11) is 0. The smallest absolute Gasteiger partial charge is 0.239 e. The molecule has 0 unspecified atom stereocenters. The maximum absolute atomic E-state index is 9.88. The van der Waals surface area contributed by atoms with E-state index in [4.69, 9.17) is 4.74 Å². The normalized spacial score (nSPS) is 15.4. The maximum atomic E-state index is 9.88. The highest BCUT2D eigenvalue weighted by Crippen LogP contribution is 2.25. The lowest BCUT2D eigenvalue weighted by Gasteiger charge is -2.26. The average molecular weight is 298 g/mol. The van der Waals surface area contributed by atoms with E-state index >= 15 is 0 Å². The monoisotopic (exact) mass is 298 g/mol. The van der Waals surface area contributed by atoms with Crippen molar-refractivity contribution in [2.45, 2.75) is 0 Å². The molecule has 3 aromatic rings. The zero-order chi connectivity index (χ0) is 14.9. The molecule has 1 N–H and O–H groups in total. The van der Waals surface area contributed by atoms with Crippen LogP contribution in [0.4, 0.5) is 5.95 Å². The van der Waals surface area contributed by atoms with Gasteiger partial charge in [-0.25, -0.2) is 9.97 Å². The van der Waals surface area contributed by atoms with Crippen LogP contribution in [0.2, 0.25) is 0 Å². The number of anilines is 1. The number of aromatic hydroxyl groups is 1. The second-order valence-corrected chi connectivity index (χ2v) is 4.96. The Kier molecular flexibility index (Phi) is 3.08.